The van der Waals surface area contributed by atoms with Gasteiger partial charge in [0.15, 0.2) is 5.82 Å². The van der Waals surface area contributed by atoms with Crippen molar-refractivity contribution in [2.75, 3.05) is 31.1 Å². The molecular weight excluding hydrogens is 384 g/mol. The summed E-state index contributed by atoms with van der Waals surface area (Å²) in [5, 5.41) is 0.732. The van der Waals surface area contributed by atoms with Gasteiger partial charge in [-0.3, -0.25) is 4.79 Å². The van der Waals surface area contributed by atoms with Crippen LogP contribution in [0, 0.1) is 13.8 Å². The molecule has 29 heavy (non-hydrogen) atoms. The molecule has 2 aromatic carbocycles. The lowest BCUT2D eigenvalue weighted by atomic mass is 10.1. The SMILES string of the molecule is Cc1ccc(Cl)cc1N1CCN(C(=O)c2cnc(-c3ccccc3)nc2C)CC1. The number of halogens is 1. The van der Waals surface area contributed by atoms with Gasteiger partial charge in [0.2, 0.25) is 0 Å². The second-order valence-corrected chi connectivity index (χ2v) is 7.71. The second kappa shape index (κ2) is 8.21. The summed E-state index contributed by atoms with van der Waals surface area (Å²) in [6.45, 7) is 6.81. The molecule has 1 aliphatic rings. The fourth-order valence-electron chi connectivity index (χ4n) is 3.65. The smallest absolute Gasteiger partial charge is 0.257 e. The van der Waals surface area contributed by atoms with E-state index in [1.807, 2.05) is 60.4 Å². The summed E-state index contributed by atoms with van der Waals surface area (Å²) in [5.41, 5.74) is 4.54. The molecular formula is C23H23ClN4O. The van der Waals surface area contributed by atoms with Gasteiger partial charge in [-0.25, -0.2) is 9.97 Å². The van der Waals surface area contributed by atoms with Crippen molar-refractivity contribution in [3.05, 3.63) is 76.6 Å². The van der Waals surface area contributed by atoms with Gasteiger partial charge < -0.3 is 9.80 Å². The summed E-state index contributed by atoms with van der Waals surface area (Å²) < 4.78 is 0. The first-order valence-electron chi connectivity index (χ1n) is 9.72. The van der Waals surface area contributed by atoms with E-state index in [0.29, 0.717) is 30.2 Å². The van der Waals surface area contributed by atoms with E-state index in [-0.39, 0.29) is 5.91 Å². The number of aryl methyl sites for hydroxylation is 2. The van der Waals surface area contributed by atoms with Crippen LogP contribution in [0.3, 0.4) is 0 Å². The Labute approximate surface area is 176 Å². The molecule has 5 nitrogen and oxygen atoms in total. The molecule has 1 amide bonds. The average Bonchev–Trinajstić information content (AvgIpc) is 2.76. The van der Waals surface area contributed by atoms with Gasteiger partial charge in [-0.15, -0.1) is 0 Å². The predicted octanol–water partition coefficient (Wildman–Crippen LogP) is 4.38. The van der Waals surface area contributed by atoms with Crippen LogP contribution >= 0.6 is 11.6 Å². The number of amides is 1. The highest BCUT2D eigenvalue weighted by Gasteiger charge is 2.25. The molecule has 0 aliphatic carbocycles. The maximum absolute atomic E-state index is 13.0. The van der Waals surface area contributed by atoms with Crippen molar-refractivity contribution in [1.29, 1.82) is 0 Å². The number of hydrogen-bond acceptors (Lipinski definition) is 4. The van der Waals surface area contributed by atoms with Crippen LogP contribution in [0.4, 0.5) is 5.69 Å². The van der Waals surface area contributed by atoms with Crippen LogP contribution in [0.25, 0.3) is 11.4 Å². The minimum Gasteiger partial charge on any atom is -0.368 e. The first-order chi connectivity index (χ1) is 14.0. The maximum atomic E-state index is 13.0. The van der Waals surface area contributed by atoms with E-state index in [2.05, 4.69) is 21.8 Å². The number of carbonyl (C=O) groups is 1. The van der Waals surface area contributed by atoms with Crippen LogP contribution in [0.5, 0.6) is 0 Å². The lowest BCUT2D eigenvalue weighted by Crippen LogP contribution is -2.49. The Morgan fingerprint density at radius 2 is 1.72 bits per heavy atom. The van der Waals surface area contributed by atoms with E-state index in [4.69, 9.17) is 11.6 Å². The zero-order chi connectivity index (χ0) is 20.4. The van der Waals surface area contributed by atoms with E-state index in [1.165, 1.54) is 5.56 Å². The largest absolute Gasteiger partial charge is 0.368 e. The Bertz CT molecular complexity index is 1030. The summed E-state index contributed by atoms with van der Waals surface area (Å²) in [5.74, 6) is 0.630. The Balaban J connectivity index is 1.46. The number of nitrogens with zero attached hydrogens (tertiary/aromatic N) is 4. The lowest BCUT2D eigenvalue weighted by molar-refractivity contribution is 0.0745. The van der Waals surface area contributed by atoms with Crippen LogP contribution in [-0.4, -0.2) is 47.0 Å². The quantitative estimate of drug-likeness (QED) is 0.647. The zero-order valence-electron chi connectivity index (χ0n) is 16.6. The van der Waals surface area contributed by atoms with Crippen LogP contribution in [0.1, 0.15) is 21.6 Å². The zero-order valence-corrected chi connectivity index (χ0v) is 17.4. The molecule has 0 spiro atoms. The molecule has 4 rings (SSSR count). The predicted molar refractivity (Wildman–Crippen MR) is 117 cm³/mol. The highest BCUT2D eigenvalue weighted by atomic mass is 35.5. The monoisotopic (exact) mass is 406 g/mol. The highest BCUT2D eigenvalue weighted by molar-refractivity contribution is 6.30. The van der Waals surface area contributed by atoms with Crippen molar-refractivity contribution in [3.8, 4) is 11.4 Å². The molecule has 6 heteroatoms. The van der Waals surface area contributed by atoms with Crippen molar-refractivity contribution in [1.82, 2.24) is 14.9 Å². The van der Waals surface area contributed by atoms with Gasteiger partial charge in [0.1, 0.15) is 0 Å². The molecule has 0 radical (unpaired) electrons. The van der Waals surface area contributed by atoms with Crippen molar-refractivity contribution in [3.63, 3.8) is 0 Å². The number of piperazine rings is 1. The fraction of sp³-hybridized carbons (Fsp3) is 0.261. The van der Waals surface area contributed by atoms with E-state index in [9.17, 15) is 4.79 Å². The molecule has 0 N–H and O–H groups in total. The standard InChI is InChI=1S/C23H23ClN4O/c1-16-8-9-19(24)14-21(16)27-10-12-28(13-11-27)23(29)20-15-25-22(26-17(20)2)18-6-4-3-5-7-18/h3-9,14-15H,10-13H2,1-2H3. The van der Waals surface area contributed by atoms with E-state index >= 15 is 0 Å². The average molecular weight is 407 g/mol. The van der Waals surface area contributed by atoms with Crippen molar-refractivity contribution in [2.45, 2.75) is 13.8 Å². The normalized spacial score (nSPS) is 14.2. The number of benzene rings is 2. The number of hydrogen-bond donors (Lipinski definition) is 0. The van der Waals surface area contributed by atoms with E-state index in [0.717, 1.165) is 29.4 Å². The third-order valence-corrected chi connectivity index (χ3v) is 5.56. The van der Waals surface area contributed by atoms with E-state index < -0.39 is 0 Å². The Hall–Kier alpha value is -2.92. The molecule has 1 aliphatic heterocycles. The molecule has 0 saturated carbocycles. The highest BCUT2D eigenvalue weighted by Crippen LogP contribution is 2.26. The van der Waals surface area contributed by atoms with Crippen LogP contribution in [0.15, 0.2) is 54.7 Å². The number of aromatic nitrogens is 2. The minimum absolute atomic E-state index is 0.00965. The van der Waals surface area contributed by atoms with Crippen LogP contribution < -0.4 is 4.90 Å². The number of carbonyl (C=O) groups excluding carboxylic acids is 1. The minimum atomic E-state index is -0.00965. The van der Waals surface area contributed by atoms with Gasteiger partial charge in [-0.2, -0.15) is 0 Å². The molecule has 148 valence electrons. The van der Waals surface area contributed by atoms with Gasteiger partial charge in [-0.05, 0) is 31.5 Å². The topological polar surface area (TPSA) is 49.3 Å². The van der Waals surface area contributed by atoms with Gasteiger partial charge in [-0.1, -0.05) is 48.0 Å². The Morgan fingerprint density at radius 3 is 2.41 bits per heavy atom. The summed E-state index contributed by atoms with van der Waals surface area (Å²) >= 11 is 6.16. The van der Waals surface area contributed by atoms with Gasteiger partial charge in [0, 0.05) is 48.6 Å². The molecule has 1 aromatic heterocycles. The van der Waals surface area contributed by atoms with Gasteiger partial charge in [0.05, 0.1) is 11.3 Å². The van der Waals surface area contributed by atoms with E-state index in [1.54, 1.807) is 6.20 Å². The third kappa shape index (κ3) is 4.10. The molecule has 2 heterocycles. The van der Waals surface area contributed by atoms with Crippen molar-refractivity contribution in [2.24, 2.45) is 0 Å². The Kier molecular flexibility index (Phi) is 5.49. The van der Waals surface area contributed by atoms with Gasteiger partial charge in [0.25, 0.3) is 5.91 Å². The lowest BCUT2D eigenvalue weighted by Gasteiger charge is -2.37. The number of anilines is 1. The van der Waals surface area contributed by atoms with Crippen LogP contribution in [0.2, 0.25) is 5.02 Å². The van der Waals surface area contributed by atoms with Crippen LogP contribution in [-0.2, 0) is 0 Å². The van der Waals surface area contributed by atoms with Crippen molar-refractivity contribution >= 4 is 23.2 Å². The second-order valence-electron chi connectivity index (χ2n) is 7.27. The third-order valence-electron chi connectivity index (χ3n) is 5.32. The molecule has 3 aromatic rings. The summed E-state index contributed by atoms with van der Waals surface area (Å²) in [6.07, 6.45) is 1.65. The Morgan fingerprint density at radius 1 is 1.00 bits per heavy atom. The van der Waals surface area contributed by atoms with Crippen molar-refractivity contribution < 1.29 is 4.79 Å². The maximum Gasteiger partial charge on any atom is 0.257 e. The van der Waals surface area contributed by atoms with Gasteiger partial charge >= 0.3 is 0 Å². The molecule has 0 bridgehead atoms. The molecule has 0 unspecified atom stereocenters. The molecule has 1 saturated heterocycles. The summed E-state index contributed by atoms with van der Waals surface area (Å²) in [6, 6.07) is 15.7. The molecule has 0 atom stereocenters. The first kappa shape index (κ1) is 19.4. The summed E-state index contributed by atoms with van der Waals surface area (Å²) in [4.78, 5) is 26.2. The number of rotatable bonds is 3. The first-order valence-corrected chi connectivity index (χ1v) is 10.1. The summed E-state index contributed by atoms with van der Waals surface area (Å²) in [7, 11) is 0. The molecule has 1 fully saturated rings. The fourth-order valence-corrected chi connectivity index (χ4v) is 3.81.